The molecule has 0 atom stereocenters. The number of anilines is 1. The van der Waals surface area contributed by atoms with Crippen molar-refractivity contribution in [1.29, 1.82) is 0 Å². The van der Waals surface area contributed by atoms with Crippen molar-refractivity contribution in [3.8, 4) is 5.75 Å². The predicted molar refractivity (Wildman–Crippen MR) is 125 cm³/mol. The molecule has 0 unspecified atom stereocenters. The molecule has 5 nitrogen and oxygen atoms in total. The van der Waals surface area contributed by atoms with E-state index in [0.29, 0.717) is 22.2 Å². The van der Waals surface area contributed by atoms with E-state index in [1.807, 2.05) is 38.3 Å². The molecule has 1 aromatic carbocycles. The summed E-state index contributed by atoms with van der Waals surface area (Å²) in [6, 6.07) is 5.49. The average molecular weight is 429 g/mol. The zero-order chi connectivity index (χ0) is 20.4. The molecule has 0 radical (unpaired) electrons. The van der Waals surface area contributed by atoms with Crippen molar-refractivity contribution in [2.75, 3.05) is 5.32 Å². The number of hydrogen-bond acceptors (Lipinski definition) is 5. The molecule has 0 saturated carbocycles. The molecule has 2 rings (SSSR count). The quantitative estimate of drug-likeness (QED) is 0.548. The lowest BCUT2D eigenvalue weighted by molar-refractivity contribution is 0.102. The first-order valence-electron chi connectivity index (χ1n) is 9.40. The number of rotatable bonds is 7. The topological polar surface area (TPSA) is 82.7 Å². The van der Waals surface area contributed by atoms with Crippen LogP contribution in [-0.4, -0.2) is 22.5 Å². The van der Waals surface area contributed by atoms with Gasteiger partial charge in [-0.15, -0.1) is 11.3 Å². The number of hydrogen-bond donors (Lipinski definition) is 2. The second kappa shape index (κ2) is 13.6. The number of thiazole rings is 1. The number of carbonyl (C=O) groups is 1. The Morgan fingerprint density at radius 2 is 1.96 bits per heavy atom. The summed E-state index contributed by atoms with van der Waals surface area (Å²) in [7, 11) is 0. The minimum absolute atomic E-state index is 0. The highest BCUT2D eigenvalue weighted by Crippen LogP contribution is 2.21. The lowest BCUT2D eigenvalue weighted by Gasteiger charge is -2.12. The molecule has 0 fully saturated rings. The molecule has 28 heavy (non-hydrogen) atoms. The molecule has 1 aromatic heterocycles. The fourth-order valence-corrected chi connectivity index (χ4v) is 3.39. The largest absolute Gasteiger partial charge is 0.491 e. The van der Waals surface area contributed by atoms with Crippen molar-refractivity contribution in [2.24, 2.45) is 5.92 Å². The van der Waals surface area contributed by atoms with E-state index < -0.39 is 0 Å². The lowest BCUT2D eigenvalue weighted by atomic mass is 10.1. The monoisotopic (exact) mass is 428 g/mol. The maximum absolute atomic E-state index is 12.3. The molecular formula is C21H36N2O3S2. The van der Waals surface area contributed by atoms with Crippen LogP contribution in [0.25, 0.3) is 0 Å². The van der Waals surface area contributed by atoms with Gasteiger partial charge >= 0.3 is 0 Å². The number of ether oxygens (including phenoxy) is 1. The van der Waals surface area contributed by atoms with Crippen LogP contribution in [0.15, 0.2) is 23.6 Å². The summed E-state index contributed by atoms with van der Waals surface area (Å²) in [6.45, 7) is 12.6. The van der Waals surface area contributed by atoms with Crippen LogP contribution in [0.1, 0.15) is 70.5 Å². The molecule has 7 heteroatoms. The molecule has 1 heterocycles. The van der Waals surface area contributed by atoms with Gasteiger partial charge in [-0.25, -0.2) is 4.98 Å². The normalized spacial score (nSPS) is 10.2. The van der Waals surface area contributed by atoms with Crippen molar-refractivity contribution in [2.45, 2.75) is 66.2 Å². The first-order chi connectivity index (χ1) is 12.7. The minimum Gasteiger partial charge on any atom is -0.491 e. The molecule has 3 N–H and O–H groups in total. The van der Waals surface area contributed by atoms with Crippen LogP contribution in [0.5, 0.6) is 5.75 Å². The third-order valence-electron chi connectivity index (χ3n) is 3.49. The number of nitrogens with zero attached hydrogens (tertiary/aromatic N) is 1. The first kappa shape index (κ1) is 26.4. The molecule has 0 aliphatic carbocycles. The van der Waals surface area contributed by atoms with Crippen LogP contribution in [-0.2, 0) is 5.75 Å². The second-order valence-electron chi connectivity index (χ2n) is 7.14. The van der Waals surface area contributed by atoms with Gasteiger partial charge in [-0.05, 0) is 50.5 Å². The van der Waals surface area contributed by atoms with Crippen LogP contribution < -0.4 is 10.1 Å². The van der Waals surface area contributed by atoms with Crippen LogP contribution in [0, 0.1) is 12.8 Å². The van der Waals surface area contributed by atoms with E-state index in [0.717, 1.165) is 17.2 Å². The van der Waals surface area contributed by atoms with Crippen molar-refractivity contribution in [3.63, 3.8) is 0 Å². The van der Waals surface area contributed by atoms with E-state index >= 15 is 0 Å². The Kier molecular flexibility index (Phi) is 12.8. The third kappa shape index (κ3) is 10.1. The number of aryl methyl sites for hydroxylation is 1. The second-order valence-corrected chi connectivity index (χ2v) is 8.31. The zero-order valence-electron chi connectivity index (χ0n) is 17.7. The van der Waals surface area contributed by atoms with E-state index in [2.05, 4.69) is 43.7 Å². The molecule has 1 amide bonds. The van der Waals surface area contributed by atoms with Crippen LogP contribution in [0.4, 0.5) is 5.13 Å². The summed E-state index contributed by atoms with van der Waals surface area (Å²) in [6.07, 6.45) is 2.78. The summed E-state index contributed by atoms with van der Waals surface area (Å²) in [4.78, 5) is 16.5. The standard InChI is InChI=1S/C15H18N2O2S2.C6H14.H2O.H2/c1-9(2)19-13-5-10(3)4-11(6-13)14(18)17-15-16-12(7-20)8-21-15;1-4-5-6(2)3;;/h4-6,8-9,20H,7H2,1-3H3,(H,16,17,18);6H,4-5H2,1-3H3;1H2;1H. The number of benzene rings is 1. The maximum atomic E-state index is 12.3. The Hall–Kier alpha value is -1.57. The number of nitrogens with one attached hydrogen (secondary N) is 1. The summed E-state index contributed by atoms with van der Waals surface area (Å²) in [5.74, 6) is 1.97. The SMILES string of the molecule is CCCC(C)C.Cc1cc(OC(C)C)cc(C(=O)Nc2nc(CS)cs2)c1.O.[HH]. The summed E-state index contributed by atoms with van der Waals surface area (Å²) in [5, 5.41) is 5.26. The van der Waals surface area contributed by atoms with Gasteiger partial charge in [-0.1, -0.05) is 33.6 Å². The maximum Gasteiger partial charge on any atom is 0.257 e. The number of amides is 1. The van der Waals surface area contributed by atoms with E-state index in [4.69, 9.17) is 4.74 Å². The fraction of sp³-hybridized carbons (Fsp3) is 0.524. The Morgan fingerprint density at radius 1 is 1.29 bits per heavy atom. The summed E-state index contributed by atoms with van der Waals surface area (Å²) in [5.41, 5.74) is 2.40. The molecule has 0 bridgehead atoms. The zero-order valence-corrected chi connectivity index (χ0v) is 19.4. The highest BCUT2D eigenvalue weighted by atomic mass is 32.1. The van der Waals surface area contributed by atoms with E-state index in [1.165, 1.54) is 24.2 Å². The third-order valence-corrected chi connectivity index (χ3v) is 4.62. The van der Waals surface area contributed by atoms with Crippen LogP contribution >= 0.6 is 24.0 Å². The van der Waals surface area contributed by atoms with Gasteiger partial charge in [-0.2, -0.15) is 12.6 Å². The number of aromatic nitrogens is 1. The summed E-state index contributed by atoms with van der Waals surface area (Å²) >= 11 is 5.55. The van der Waals surface area contributed by atoms with Crippen molar-refractivity contribution in [3.05, 3.63) is 40.4 Å². The molecule has 0 spiro atoms. The Labute approximate surface area is 180 Å². The van der Waals surface area contributed by atoms with Gasteiger partial charge in [0.1, 0.15) is 5.75 Å². The fourth-order valence-electron chi connectivity index (χ4n) is 2.40. The van der Waals surface area contributed by atoms with Crippen molar-refractivity contribution >= 4 is 35.0 Å². The van der Waals surface area contributed by atoms with Gasteiger partial charge in [0.05, 0.1) is 11.8 Å². The molecule has 0 saturated heterocycles. The Morgan fingerprint density at radius 3 is 2.43 bits per heavy atom. The van der Waals surface area contributed by atoms with Gasteiger partial charge in [0.2, 0.25) is 0 Å². The Bertz CT molecular complexity index is 722. The number of carbonyl (C=O) groups excluding carboxylic acids is 1. The van der Waals surface area contributed by atoms with Gasteiger partial charge in [0.15, 0.2) is 5.13 Å². The van der Waals surface area contributed by atoms with Crippen LogP contribution in [0.3, 0.4) is 0 Å². The predicted octanol–water partition coefficient (Wildman–Crippen LogP) is 5.78. The smallest absolute Gasteiger partial charge is 0.257 e. The van der Waals surface area contributed by atoms with E-state index in [-0.39, 0.29) is 18.9 Å². The number of thiol groups is 1. The van der Waals surface area contributed by atoms with Crippen LogP contribution in [0.2, 0.25) is 0 Å². The summed E-state index contributed by atoms with van der Waals surface area (Å²) < 4.78 is 5.65. The Balaban J connectivity index is 0. The molecule has 2 aromatic rings. The van der Waals surface area contributed by atoms with E-state index in [9.17, 15) is 4.79 Å². The highest BCUT2D eigenvalue weighted by molar-refractivity contribution is 7.79. The average Bonchev–Trinajstić information content (AvgIpc) is 3.01. The molecule has 0 aliphatic heterocycles. The van der Waals surface area contributed by atoms with E-state index in [1.54, 1.807) is 6.07 Å². The van der Waals surface area contributed by atoms with Crippen molar-refractivity contribution < 1.29 is 16.4 Å². The molecule has 0 aliphatic rings. The lowest BCUT2D eigenvalue weighted by Crippen LogP contribution is -2.13. The highest BCUT2D eigenvalue weighted by Gasteiger charge is 2.11. The van der Waals surface area contributed by atoms with Gasteiger partial charge < -0.3 is 10.2 Å². The van der Waals surface area contributed by atoms with Gasteiger partial charge in [0.25, 0.3) is 5.91 Å². The van der Waals surface area contributed by atoms with Crippen molar-refractivity contribution in [1.82, 2.24) is 4.98 Å². The first-order valence-corrected chi connectivity index (χ1v) is 10.9. The van der Waals surface area contributed by atoms with Gasteiger partial charge in [0, 0.05) is 18.1 Å². The minimum atomic E-state index is -0.188. The molecule has 160 valence electrons. The van der Waals surface area contributed by atoms with Gasteiger partial charge in [-0.3, -0.25) is 10.1 Å². The molecular weight excluding hydrogens is 392 g/mol.